The first kappa shape index (κ1) is 17.6. The summed E-state index contributed by atoms with van der Waals surface area (Å²) in [5, 5.41) is 0. The van der Waals surface area contributed by atoms with Crippen molar-refractivity contribution in [3.63, 3.8) is 0 Å². The maximum atomic E-state index is 12.7. The molecule has 0 spiro atoms. The average Bonchev–Trinajstić information content (AvgIpc) is 3.14. The van der Waals surface area contributed by atoms with Gasteiger partial charge in [0.1, 0.15) is 0 Å². The third-order valence-corrected chi connectivity index (χ3v) is 6.57. The molecule has 3 aliphatic rings. The van der Waals surface area contributed by atoms with Crippen LogP contribution in [0.3, 0.4) is 0 Å². The van der Waals surface area contributed by atoms with Crippen LogP contribution in [0, 0.1) is 23.7 Å². The lowest BCUT2D eigenvalue weighted by atomic mass is 9.59. The van der Waals surface area contributed by atoms with Gasteiger partial charge in [-0.05, 0) is 55.1 Å². The number of carbonyl (C=O) groups is 1. The van der Waals surface area contributed by atoms with Crippen molar-refractivity contribution in [1.82, 2.24) is 0 Å². The molecule has 0 unspecified atom stereocenters. The number of ether oxygens (including phenoxy) is 1. The van der Waals surface area contributed by atoms with Crippen LogP contribution in [0.2, 0.25) is 0 Å². The number of unbranched alkanes of at least 4 members (excludes halogenated alkanes) is 3. The summed E-state index contributed by atoms with van der Waals surface area (Å²) in [6, 6.07) is 10.5. The van der Waals surface area contributed by atoms with Crippen molar-refractivity contribution >= 4 is 11.5 Å². The molecule has 0 amide bonds. The van der Waals surface area contributed by atoms with Crippen LogP contribution in [0.4, 0.5) is 0 Å². The standard InChI is InChI=1S/C24H30O2/c1-3-5-6-8-13-17-14-18-15-19(17)22-20(16-11-9-7-10-12-16)23(21(18)22)24(25)26-4-2/h7,9-12,14,18-19,21-22H,3-6,8,13,15H2,1-2H3/t18-,19-,21+,22+/m1/s1. The second kappa shape index (κ2) is 7.42. The molecule has 1 aromatic rings. The third kappa shape index (κ3) is 2.84. The van der Waals surface area contributed by atoms with Crippen LogP contribution >= 0.6 is 0 Å². The molecule has 0 saturated heterocycles. The number of hydrogen-bond donors (Lipinski definition) is 0. The summed E-state index contributed by atoms with van der Waals surface area (Å²) in [7, 11) is 0. The fourth-order valence-corrected chi connectivity index (χ4v) is 5.54. The molecule has 1 saturated carbocycles. The number of fused-ring (bicyclic) bond motifs is 5. The number of carbonyl (C=O) groups excluding carboxylic acids is 1. The van der Waals surface area contributed by atoms with Crippen LogP contribution in [0.1, 0.15) is 57.9 Å². The molecular weight excluding hydrogens is 320 g/mol. The van der Waals surface area contributed by atoms with E-state index in [1.165, 1.54) is 49.7 Å². The van der Waals surface area contributed by atoms with Crippen LogP contribution in [0.15, 0.2) is 47.6 Å². The molecule has 4 rings (SSSR count). The molecule has 0 radical (unpaired) electrons. The van der Waals surface area contributed by atoms with Crippen molar-refractivity contribution < 1.29 is 9.53 Å². The van der Waals surface area contributed by atoms with Crippen molar-refractivity contribution in [2.24, 2.45) is 23.7 Å². The van der Waals surface area contributed by atoms with Crippen LogP contribution in [0.5, 0.6) is 0 Å². The van der Waals surface area contributed by atoms with Crippen molar-refractivity contribution in [3.05, 3.63) is 53.1 Å². The quantitative estimate of drug-likeness (QED) is 0.337. The maximum Gasteiger partial charge on any atom is 0.334 e. The van der Waals surface area contributed by atoms with E-state index in [0.29, 0.717) is 30.3 Å². The molecule has 0 N–H and O–H groups in total. The number of rotatable bonds is 8. The summed E-state index contributed by atoms with van der Waals surface area (Å²) in [5.74, 6) is 2.05. The Bertz CT molecular complexity index is 728. The smallest absolute Gasteiger partial charge is 0.334 e. The minimum Gasteiger partial charge on any atom is -0.463 e. The number of allylic oxidation sites excluding steroid dienone is 3. The highest BCUT2D eigenvalue weighted by molar-refractivity contribution is 6.03. The van der Waals surface area contributed by atoms with Crippen molar-refractivity contribution in [3.8, 4) is 0 Å². The second-order valence-electron chi connectivity index (χ2n) is 8.02. The summed E-state index contributed by atoms with van der Waals surface area (Å²) in [5.41, 5.74) is 5.14. The first-order valence-electron chi connectivity index (χ1n) is 10.4. The first-order valence-corrected chi connectivity index (χ1v) is 10.4. The monoisotopic (exact) mass is 350 g/mol. The largest absolute Gasteiger partial charge is 0.463 e. The fraction of sp³-hybridized carbons (Fsp3) is 0.542. The zero-order chi connectivity index (χ0) is 18.1. The van der Waals surface area contributed by atoms with Crippen LogP contribution in [0.25, 0.3) is 5.57 Å². The molecule has 2 nitrogen and oxygen atoms in total. The second-order valence-corrected chi connectivity index (χ2v) is 8.02. The Hall–Kier alpha value is -1.83. The van der Waals surface area contributed by atoms with E-state index < -0.39 is 0 Å². The predicted molar refractivity (Wildman–Crippen MR) is 105 cm³/mol. The van der Waals surface area contributed by atoms with Gasteiger partial charge in [-0.25, -0.2) is 4.79 Å². The van der Waals surface area contributed by atoms with E-state index in [9.17, 15) is 4.79 Å². The molecule has 0 heterocycles. The lowest BCUT2D eigenvalue weighted by Crippen LogP contribution is -2.38. The minimum absolute atomic E-state index is 0.0851. The van der Waals surface area contributed by atoms with Gasteiger partial charge in [-0.1, -0.05) is 68.2 Å². The number of benzene rings is 1. The van der Waals surface area contributed by atoms with Gasteiger partial charge in [-0.3, -0.25) is 0 Å². The normalized spacial score (nSPS) is 28.6. The highest BCUT2D eigenvalue weighted by Gasteiger charge is 2.59. The lowest BCUT2D eigenvalue weighted by Gasteiger charge is -2.43. The summed E-state index contributed by atoms with van der Waals surface area (Å²) in [6.45, 7) is 4.61. The van der Waals surface area contributed by atoms with Gasteiger partial charge in [-0.15, -0.1) is 0 Å². The lowest BCUT2D eigenvalue weighted by molar-refractivity contribution is -0.139. The highest BCUT2D eigenvalue weighted by Crippen LogP contribution is 2.66. The Morgan fingerprint density at radius 3 is 2.62 bits per heavy atom. The molecule has 1 aromatic carbocycles. The number of hydrogen-bond acceptors (Lipinski definition) is 2. The summed E-state index contributed by atoms with van der Waals surface area (Å²) in [6.07, 6.45) is 10.3. The van der Waals surface area contributed by atoms with E-state index in [4.69, 9.17) is 4.74 Å². The molecule has 3 aliphatic carbocycles. The third-order valence-electron chi connectivity index (χ3n) is 6.57. The number of esters is 1. The van der Waals surface area contributed by atoms with Crippen LogP contribution in [-0.4, -0.2) is 12.6 Å². The molecule has 138 valence electrons. The first-order chi connectivity index (χ1) is 12.8. The van der Waals surface area contributed by atoms with Gasteiger partial charge in [0.15, 0.2) is 0 Å². The molecular formula is C24H30O2. The zero-order valence-electron chi connectivity index (χ0n) is 16.0. The van der Waals surface area contributed by atoms with Gasteiger partial charge in [0, 0.05) is 11.5 Å². The molecule has 2 bridgehead atoms. The summed E-state index contributed by atoms with van der Waals surface area (Å²) < 4.78 is 5.41. The molecule has 0 aliphatic heterocycles. The SMILES string of the molecule is CCCCCCC1=C[C@@H]2C[C@H]1[C@H]1C(c3ccccc3)=C(C(=O)OCC)[C@H]12. The zero-order valence-corrected chi connectivity index (χ0v) is 16.0. The van der Waals surface area contributed by atoms with Crippen LogP contribution < -0.4 is 0 Å². The van der Waals surface area contributed by atoms with E-state index in [1.54, 1.807) is 5.57 Å². The van der Waals surface area contributed by atoms with E-state index >= 15 is 0 Å². The van der Waals surface area contributed by atoms with Crippen LogP contribution in [-0.2, 0) is 9.53 Å². The fourth-order valence-electron chi connectivity index (χ4n) is 5.54. The highest BCUT2D eigenvalue weighted by atomic mass is 16.5. The topological polar surface area (TPSA) is 26.3 Å². The average molecular weight is 351 g/mol. The summed E-state index contributed by atoms with van der Waals surface area (Å²) in [4.78, 5) is 12.7. The summed E-state index contributed by atoms with van der Waals surface area (Å²) >= 11 is 0. The van der Waals surface area contributed by atoms with E-state index in [-0.39, 0.29) is 5.97 Å². The van der Waals surface area contributed by atoms with Gasteiger partial charge in [-0.2, -0.15) is 0 Å². The minimum atomic E-state index is -0.0851. The molecule has 26 heavy (non-hydrogen) atoms. The van der Waals surface area contributed by atoms with Crippen molar-refractivity contribution in [2.75, 3.05) is 6.61 Å². The van der Waals surface area contributed by atoms with Gasteiger partial charge >= 0.3 is 5.97 Å². The molecule has 1 fully saturated rings. The van der Waals surface area contributed by atoms with Crippen molar-refractivity contribution in [1.29, 1.82) is 0 Å². The van der Waals surface area contributed by atoms with E-state index in [1.807, 2.05) is 13.0 Å². The molecule has 2 heteroatoms. The van der Waals surface area contributed by atoms with Gasteiger partial charge < -0.3 is 4.74 Å². The van der Waals surface area contributed by atoms with Gasteiger partial charge in [0.25, 0.3) is 0 Å². The Balaban J connectivity index is 1.58. The molecule has 0 aromatic heterocycles. The molecule has 4 atom stereocenters. The van der Waals surface area contributed by atoms with E-state index in [0.717, 1.165) is 5.57 Å². The van der Waals surface area contributed by atoms with Gasteiger partial charge in [0.05, 0.1) is 6.61 Å². The Morgan fingerprint density at radius 2 is 1.88 bits per heavy atom. The predicted octanol–water partition coefficient (Wildman–Crippen LogP) is 5.80. The Morgan fingerprint density at radius 1 is 1.08 bits per heavy atom. The Labute approximate surface area is 157 Å². The van der Waals surface area contributed by atoms with Crippen molar-refractivity contribution in [2.45, 2.75) is 52.4 Å². The Kier molecular flexibility index (Phi) is 5.02. The van der Waals surface area contributed by atoms with E-state index in [2.05, 4.69) is 37.3 Å². The maximum absolute atomic E-state index is 12.7. The van der Waals surface area contributed by atoms with Gasteiger partial charge in [0.2, 0.25) is 0 Å².